The summed E-state index contributed by atoms with van der Waals surface area (Å²) in [4.78, 5) is 18.3. The predicted octanol–water partition coefficient (Wildman–Crippen LogP) is 2.52. The zero-order valence-electron chi connectivity index (χ0n) is 10.9. The van der Waals surface area contributed by atoms with Crippen LogP contribution in [0.4, 0.5) is 0 Å². The first-order valence-corrected chi connectivity index (χ1v) is 7.06. The predicted molar refractivity (Wildman–Crippen MR) is 72.3 cm³/mol. The first-order valence-electron chi connectivity index (χ1n) is 6.68. The number of fused-ring (bicyclic) bond motifs is 2. The van der Waals surface area contributed by atoms with E-state index in [9.17, 15) is 4.79 Å². The van der Waals surface area contributed by atoms with Gasteiger partial charge in [-0.25, -0.2) is 9.78 Å². The number of hydrogen-bond donors (Lipinski definition) is 0. The number of esters is 1. The van der Waals surface area contributed by atoms with Crippen LogP contribution in [-0.2, 0) is 4.74 Å². The van der Waals surface area contributed by atoms with Crippen LogP contribution in [0.2, 0.25) is 5.15 Å². The molecule has 0 saturated carbocycles. The molecule has 5 heteroatoms. The molecule has 1 aromatic heterocycles. The van der Waals surface area contributed by atoms with Gasteiger partial charge in [-0.1, -0.05) is 11.6 Å². The third kappa shape index (κ3) is 2.60. The van der Waals surface area contributed by atoms with Gasteiger partial charge in [-0.05, 0) is 32.0 Å². The number of halogens is 1. The van der Waals surface area contributed by atoms with Crippen LogP contribution in [0.3, 0.4) is 0 Å². The van der Waals surface area contributed by atoms with E-state index in [1.165, 1.54) is 19.0 Å². The van der Waals surface area contributed by atoms with Gasteiger partial charge < -0.3 is 9.64 Å². The van der Waals surface area contributed by atoms with Gasteiger partial charge in [0.25, 0.3) is 0 Å². The molecule has 19 heavy (non-hydrogen) atoms. The fraction of sp³-hybridized carbons (Fsp3) is 0.571. The molecule has 1 unspecified atom stereocenters. The van der Waals surface area contributed by atoms with E-state index in [2.05, 4.69) is 16.9 Å². The minimum atomic E-state index is -0.293. The maximum Gasteiger partial charge on any atom is 0.339 e. The molecule has 3 atom stereocenters. The van der Waals surface area contributed by atoms with E-state index in [-0.39, 0.29) is 12.1 Å². The summed E-state index contributed by atoms with van der Waals surface area (Å²) in [5, 5.41) is 0.383. The van der Waals surface area contributed by atoms with Gasteiger partial charge in [-0.3, -0.25) is 0 Å². The average Bonchev–Trinajstić information content (AvgIpc) is 2.63. The van der Waals surface area contributed by atoms with Crippen LogP contribution in [0.5, 0.6) is 0 Å². The molecule has 0 aliphatic carbocycles. The van der Waals surface area contributed by atoms with Crippen LogP contribution in [0.15, 0.2) is 18.3 Å². The number of aromatic nitrogens is 1. The molecule has 3 rings (SSSR count). The standard InChI is InChI=1S/C14H17ClN2O2/c1-17-10-3-4-11(17)7-12(6-10)19-14(18)9-2-5-13(15)16-8-9/h2,5,8,10-12H,3-4,6-7H2,1H3/t10-,11+,12?. The number of ether oxygens (including phenoxy) is 1. The molecule has 2 saturated heterocycles. The second-order valence-electron chi connectivity index (χ2n) is 5.42. The zero-order chi connectivity index (χ0) is 13.4. The maximum absolute atomic E-state index is 12.0. The number of carbonyl (C=O) groups is 1. The molecule has 0 spiro atoms. The molecule has 3 heterocycles. The molecule has 1 aromatic rings. The normalized spacial score (nSPS) is 30.3. The molecule has 0 N–H and O–H groups in total. The molecule has 2 aliphatic rings. The average molecular weight is 281 g/mol. The second-order valence-corrected chi connectivity index (χ2v) is 5.81. The van der Waals surface area contributed by atoms with Crippen LogP contribution >= 0.6 is 11.6 Å². The Bertz CT molecular complexity index is 463. The van der Waals surface area contributed by atoms with Crippen molar-refractivity contribution in [1.82, 2.24) is 9.88 Å². The van der Waals surface area contributed by atoms with Gasteiger partial charge in [0.1, 0.15) is 11.3 Å². The SMILES string of the molecule is CN1[C@@H]2CC[C@H]1CC(OC(=O)c1ccc(Cl)nc1)C2. The van der Waals surface area contributed by atoms with E-state index in [1.54, 1.807) is 12.1 Å². The highest BCUT2D eigenvalue weighted by atomic mass is 35.5. The molecule has 2 bridgehead atoms. The Hall–Kier alpha value is -1.13. The Morgan fingerprint density at radius 3 is 2.63 bits per heavy atom. The molecule has 2 aliphatic heterocycles. The monoisotopic (exact) mass is 280 g/mol. The van der Waals surface area contributed by atoms with Crippen LogP contribution < -0.4 is 0 Å². The van der Waals surface area contributed by atoms with Gasteiger partial charge >= 0.3 is 5.97 Å². The fourth-order valence-corrected chi connectivity index (χ4v) is 3.29. The smallest absolute Gasteiger partial charge is 0.339 e. The lowest BCUT2D eigenvalue weighted by atomic mass is 10.0. The Kier molecular flexibility index (Phi) is 3.46. The summed E-state index contributed by atoms with van der Waals surface area (Å²) in [7, 11) is 2.17. The van der Waals surface area contributed by atoms with Crippen molar-refractivity contribution >= 4 is 17.6 Å². The zero-order valence-corrected chi connectivity index (χ0v) is 11.6. The Morgan fingerprint density at radius 2 is 2.05 bits per heavy atom. The highest BCUT2D eigenvalue weighted by Crippen LogP contribution is 2.35. The molecule has 4 nitrogen and oxygen atoms in total. The first kappa shape index (κ1) is 12.9. The van der Waals surface area contributed by atoms with Crippen LogP contribution in [-0.4, -0.2) is 41.1 Å². The lowest BCUT2D eigenvalue weighted by Crippen LogP contribution is -2.43. The van der Waals surface area contributed by atoms with Crippen molar-refractivity contribution in [2.24, 2.45) is 0 Å². The van der Waals surface area contributed by atoms with Gasteiger partial charge in [-0.15, -0.1) is 0 Å². The third-order valence-corrected chi connectivity index (χ3v) is 4.52. The number of pyridine rings is 1. The molecule has 102 valence electrons. The van der Waals surface area contributed by atoms with E-state index < -0.39 is 0 Å². The number of hydrogen-bond acceptors (Lipinski definition) is 4. The maximum atomic E-state index is 12.0. The summed E-state index contributed by atoms with van der Waals surface area (Å²) in [6.45, 7) is 0. The van der Waals surface area contributed by atoms with Crippen LogP contribution in [0.25, 0.3) is 0 Å². The topological polar surface area (TPSA) is 42.4 Å². The van der Waals surface area contributed by atoms with E-state index in [4.69, 9.17) is 16.3 Å². The number of nitrogens with zero attached hydrogens (tertiary/aromatic N) is 2. The lowest BCUT2D eigenvalue weighted by Gasteiger charge is -2.35. The quantitative estimate of drug-likeness (QED) is 0.617. The van der Waals surface area contributed by atoms with E-state index in [0.717, 1.165) is 12.8 Å². The van der Waals surface area contributed by atoms with Crippen molar-refractivity contribution in [3.05, 3.63) is 29.0 Å². The van der Waals surface area contributed by atoms with Gasteiger partial charge in [0.15, 0.2) is 0 Å². The first-order chi connectivity index (χ1) is 9.13. The Morgan fingerprint density at radius 1 is 1.37 bits per heavy atom. The van der Waals surface area contributed by atoms with Gasteiger partial charge in [0, 0.05) is 31.1 Å². The van der Waals surface area contributed by atoms with E-state index in [0.29, 0.717) is 22.8 Å². The van der Waals surface area contributed by atoms with E-state index in [1.807, 2.05) is 0 Å². The minimum absolute atomic E-state index is 0.0388. The van der Waals surface area contributed by atoms with Crippen LogP contribution in [0.1, 0.15) is 36.0 Å². The van der Waals surface area contributed by atoms with Gasteiger partial charge in [0.2, 0.25) is 0 Å². The molecular weight excluding hydrogens is 264 g/mol. The van der Waals surface area contributed by atoms with Crippen molar-refractivity contribution in [3.63, 3.8) is 0 Å². The Balaban J connectivity index is 1.63. The van der Waals surface area contributed by atoms with Crippen molar-refractivity contribution in [2.75, 3.05) is 7.05 Å². The molecular formula is C14H17ClN2O2. The van der Waals surface area contributed by atoms with E-state index >= 15 is 0 Å². The molecule has 0 radical (unpaired) electrons. The van der Waals surface area contributed by atoms with Gasteiger partial charge in [-0.2, -0.15) is 0 Å². The molecule has 0 amide bonds. The Labute approximate surface area is 117 Å². The largest absolute Gasteiger partial charge is 0.459 e. The molecule has 2 fully saturated rings. The van der Waals surface area contributed by atoms with Crippen LogP contribution in [0, 0.1) is 0 Å². The third-order valence-electron chi connectivity index (χ3n) is 4.29. The van der Waals surface area contributed by atoms with Crippen molar-refractivity contribution in [1.29, 1.82) is 0 Å². The summed E-state index contributed by atoms with van der Waals surface area (Å²) in [6.07, 6.45) is 5.83. The summed E-state index contributed by atoms with van der Waals surface area (Å²) >= 11 is 5.70. The van der Waals surface area contributed by atoms with Crippen molar-refractivity contribution in [3.8, 4) is 0 Å². The summed E-state index contributed by atoms with van der Waals surface area (Å²) in [5.41, 5.74) is 0.468. The second kappa shape index (κ2) is 5.10. The number of rotatable bonds is 2. The highest BCUT2D eigenvalue weighted by molar-refractivity contribution is 6.29. The fourth-order valence-electron chi connectivity index (χ4n) is 3.17. The van der Waals surface area contributed by atoms with Crippen molar-refractivity contribution in [2.45, 2.75) is 43.9 Å². The summed E-state index contributed by atoms with van der Waals surface area (Å²) < 4.78 is 5.60. The number of carbonyl (C=O) groups excluding carboxylic acids is 1. The van der Waals surface area contributed by atoms with Gasteiger partial charge in [0.05, 0.1) is 5.56 Å². The minimum Gasteiger partial charge on any atom is -0.459 e. The number of piperidine rings is 1. The summed E-state index contributed by atoms with van der Waals surface area (Å²) in [5.74, 6) is -0.293. The highest BCUT2D eigenvalue weighted by Gasteiger charge is 2.39. The summed E-state index contributed by atoms with van der Waals surface area (Å²) in [6, 6.07) is 4.40. The van der Waals surface area contributed by atoms with Crippen molar-refractivity contribution < 1.29 is 9.53 Å². The molecule has 0 aromatic carbocycles. The lowest BCUT2D eigenvalue weighted by molar-refractivity contribution is -0.000482.